The molecule has 0 bridgehead atoms. The molecule has 6 rings (SSSR count). The van der Waals surface area contributed by atoms with E-state index in [1.165, 1.54) is 30.8 Å². The Morgan fingerprint density at radius 1 is 1.05 bits per heavy atom. The fourth-order valence-corrected chi connectivity index (χ4v) is 7.87. The normalized spacial score (nSPS) is 20.1. The number of methoxy groups -OCH3 is 1. The van der Waals surface area contributed by atoms with Crippen molar-refractivity contribution < 1.29 is 9.47 Å². The molecule has 4 heterocycles. The number of rotatable bonds is 7. The maximum Gasteiger partial charge on any atom is 0.249 e. The summed E-state index contributed by atoms with van der Waals surface area (Å²) in [7, 11) is 1.82. The standard InChI is InChI=1S/C29H34N4O3S2/c1-35-22-8-12-32(13-9-22)14-11-30-20-5-6-25-27(17-20)37-26-4-2-3-23(29(26)38-25)24-19-33(15-16-36-24)21-7-10-31-28(34)18-21/h2-7,10,17-18,22,24,30H,8-9,11-16,19H2,1H3,(H,31,34). The summed E-state index contributed by atoms with van der Waals surface area (Å²) in [4.78, 5) is 24.4. The number of aromatic nitrogens is 1. The van der Waals surface area contributed by atoms with E-state index in [2.05, 4.69) is 56.5 Å². The van der Waals surface area contributed by atoms with Gasteiger partial charge in [-0.2, -0.15) is 0 Å². The Labute approximate surface area is 232 Å². The van der Waals surface area contributed by atoms with Gasteiger partial charge in [0.15, 0.2) is 0 Å². The number of likely N-dealkylation sites (tertiary alicyclic amines) is 1. The molecular weight excluding hydrogens is 516 g/mol. The van der Waals surface area contributed by atoms with Crippen LogP contribution in [0.4, 0.5) is 11.4 Å². The first-order chi connectivity index (χ1) is 18.7. The van der Waals surface area contributed by atoms with Crippen LogP contribution in [-0.4, -0.2) is 69.0 Å². The van der Waals surface area contributed by atoms with E-state index >= 15 is 0 Å². The maximum atomic E-state index is 11.8. The van der Waals surface area contributed by atoms with Crippen molar-refractivity contribution in [2.75, 3.05) is 63.2 Å². The van der Waals surface area contributed by atoms with Gasteiger partial charge in [0.25, 0.3) is 0 Å². The first-order valence-electron chi connectivity index (χ1n) is 13.3. The fourth-order valence-electron chi connectivity index (χ4n) is 5.42. The number of aromatic amines is 1. The zero-order valence-electron chi connectivity index (χ0n) is 21.7. The summed E-state index contributed by atoms with van der Waals surface area (Å²) in [5, 5.41) is 3.63. The highest BCUT2D eigenvalue weighted by Gasteiger charge is 2.28. The second kappa shape index (κ2) is 11.8. The number of pyridine rings is 1. The van der Waals surface area contributed by atoms with Crippen molar-refractivity contribution >= 4 is 34.9 Å². The van der Waals surface area contributed by atoms with Crippen LogP contribution >= 0.6 is 23.5 Å². The van der Waals surface area contributed by atoms with E-state index in [1.807, 2.05) is 36.7 Å². The van der Waals surface area contributed by atoms with Gasteiger partial charge in [-0.15, -0.1) is 0 Å². The Bertz CT molecular complexity index is 1330. The van der Waals surface area contributed by atoms with Crippen LogP contribution in [0.3, 0.4) is 0 Å². The van der Waals surface area contributed by atoms with E-state index in [0.29, 0.717) is 12.7 Å². The lowest BCUT2D eigenvalue weighted by Gasteiger charge is -2.36. The highest BCUT2D eigenvalue weighted by atomic mass is 32.2. The first-order valence-corrected chi connectivity index (χ1v) is 15.0. The van der Waals surface area contributed by atoms with E-state index in [0.717, 1.165) is 57.8 Å². The van der Waals surface area contributed by atoms with Gasteiger partial charge in [-0.25, -0.2) is 0 Å². The topological polar surface area (TPSA) is 69.8 Å². The molecule has 38 heavy (non-hydrogen) atoms. The Balaban J connectivity index is 1.11. The molecule has 3 aliphatic rings. The molecule has 2 saturated heterocycles. The third kappa shape index (κ3) is 5.77. The van der Waals surface area contributed by atoms with Crippen molar-refractivity contribution in [1.82, 2.24) is 9.88 Å². The summed E-state index contributed by atoms with van der Waals surface area (Å²) in [5.74, 6) is 0. The molecule has 3 aromatic rings. The summed E-state index contributed by atoms with van der Waals surface area (Å²) >= 11 is 3.68. The van der Waals surface area contributed by atoms with Crippen molar-refractivity contribution in [2.45, 2.75) is 44.6 Å². The number of H-pyrrole nitrogens is 1. The monoisotopic (exact) mass is 550 g/mol. The van der Waals surface area contributed by atoms with Gasteiger partial charge in [-0.05, 0) is 48.7 Å². The van der Waals surface area contributed by atoms with E-state index in [9.17, 15) is 4.79 Å². The molecule has 0 saturated carbocycles. The van der Waals surface area contributed by atoms with Crippen molar-refractivity contribution in [1.29, 1.82) is 0 Å². The Morgan fingerprint density at radius 2 is 1.95 bits per heavy atom. The van der Waals surface area contributed by atoms with Crippen molar-refractivity contribution in [3.05, 3.63) is 70.6 Å². The van der Waals surface area contributed by atoms with Crippen molar-refractivity contribution in [3.8, 4) is 0 Å². The van der Waals surface area contributed by atoms with Crippen molar-refractivity contribution in [3.63, 3.8) is 0 Å². The SMILES string of the molecule is COC1CCN(CCNc2ccc3c(c2)Sc2cccc(C4CN(c5cc[nH]c(=O)c5)CCO4)c2S3)CC1. The zero-order valence-corrected chi connectivity index (χ0v) is 23.3. The molecule has 7 nitrogen and oxygen atoms in total. The largest absolute Gasteiger partial charge is 0.384 e. The van der Waals surface area contributed by atoms with Gasteiger partial charge in [0.2, 0.25) is 5.56 Å². The van der Waals surface area contributed by atoms with Gasteiger partial charge < -0.3 is 29.6 Å². The molecule has 1 atom stereocenters. The minimum Gasteiger partial charge on any atom is -0.384 e. The van der Waals surface area contributed by atoms with Gasteiger partial charge in [0.05, 0.1) is 12.7 Å². The second-order valence-corrected chi connectivity index (χ2v) is 12.1. The molecule has 2 N–H and O–H groups in total. The number of fused-ring (bicyclic) bond motifs is 2. The highest BCUT2D eigenvalue weighted by Crippen LogP contribution is 2.51. The number of piperidine rings is 1. The minimum absolute atomic E-state index is 0.0393. The van der Waals surface area contributed by atoms with Crippen LogP contribution in [0.1, 0.15) is 24.5 Å². The van der Waals surface area contributed by atoms with Crippen LogP contribution in [0.5, 0.6) is 0 Å². The lowest BCUT2D eigenvalue weighted by Crippen LogP contribution is -2.39. The van der Waals surface area contributed by atoms with Gasteiger partial charge in [-0.3, -0.25) is 4.79 Å². The average molecular weight is 551 g/mol. The molecule has 2 aromatic carbocycles. The van der Waals surface area contributed by atoms with E-state index < -0.39 is 0 Å². The lowest BCUT2D eigenvalue weighted by atomic mass is 10.1. The van der Waals surface area contributed by atoms with Gasteiger partial charge in [-0.1, -0.05) is 35.7 Å². The molecule has 9 heteroatoms. The average Bonchev–Trinajstić information content (AvgIpc) is 2.96. The molecule has 1 unspecified atom stereocenters. The lowest BCUT2D eigenvalue weighted by molar-refractivity contribution is 0.0379. The maximum absolute atomic E-state index is 11.8. The first kappa shape index (κ1) is 25.8. The number of nitrogens with zero attached hydrogens (tertiary/aromatic N) is 2. The Morgan fingerprint density at radius 3 is 2.79 bits per heavy atom. The molecular formula is C29H34N4O3S2. The van der Waals surface area contributed by atoms with Crippen LogP contribution in [0.15, 0.2) is 79.1 Å². The third-order valence-corrected chi connectivity index (χ3v) is 10.2. The van der Waals surface area contributed by atoms with Crippen LogP contribution in [0.25, 0.3) is 0 Å². The summed E-state index contributed by atoms with van der Waals surface area (Å²) in [5.41, 5.74) is 3.26. The summed E-state index contributed by atoms with van der Waals surface area (Å²) < 4.78 is 11.7. The molecule has 0 aliphatic carbocycles. The van der Waals surface area contributed by atoms with E-state index in [1.54, 1.807) is 12.3 Å². The second-order valence-electron chi connectivity index (χ2n) is 9.96. The number of hydrogen-bond acceptors (Lipinski definition) is 8. The smallest absolute Gasteiger partial charge is 0.249 e. The molecule has 3 aliphatic heterocycles. The van der Waals surface area contributed by atoms with E-state index in [4.69, 9.17) is 9.47 Å². The highest BCUT2D eigenvalue weighted by molar-refractivity contribution is 8.05. The van der Waals surface area contributed by atoms with Gasteiger partial charge in [0.1, 0.15) is 6.10 Å². The Hall–Kier alpha value is -2.43. The number of nitrogens with one attached hydrogen (secondary N) is 2. The van der Waals surface area contributed by atoms with Crippen LogP contribution in [0.2, 0.25) is 0 Å². The van der Waals surface area contributed by atoms with Crippen molar-refractivity contribution in [2.24, 2.45) is 0 Å². The number of ether oxygens (including phenoxy) is 2. The van der Waals surface area contributed by atoms with Gasteiger partial charge >= 0.3 is 0 Å². The van der Waals surface area contributed by atoms with E-state index in [-0.39, 0.29) is 11.7 Å². The molecule has 0 radical (unpaired) electrons. The number of morpholine rings is 1. The predicted octanol–water partition coefficient (Wildman–Crippen LogP) is 5.09. The number of hydrogen-bond donors (Lipinski definition) is 2. The summed E-state index contributed by atoms with van der Waals surface area (Å²) in [6, 6.07) is 16.9. The van der Waals surface area contributed by atoms with Crippen LogP contribution in [0, 0.1) is 0 Å². The third-order valence-electron chi connectivity index (χ3n) is 7.55. The van der Waals surface area contributed by atoms with Crippen LogP contribution in [-0.2, 0) is 9.47 Å². The Kier molecular flexibility index (Phi) is 7.99. The van der Waals surface area contributed by atoms with Crippen LogP contribution < -0.4 is 15.8 Å². The van der Waals surface area contributed by atoms with Gasteiger partial charge in [0, 0.05) is 89.6 Å². The summed E-state index contributed by atoms with van der Waals surface area (Å²) in [6.45, 7) is 6.36. The predicted molar refractivity (Wildman–Crippen MR) is 154 cm³/mol. The number of anilines is 2. The fraction of sp³-hybridized carbons (Fsp3) is 0.414. The quantitative estimate of drug-likeness (QED) is 0.330. The molecule has 200 valence electrons. The zero-order chi connectivity index (χ0) is 25.9. The molecule has 2 fully saturated rings. The minimum atomic E-state index is -0.0771. The molecule has 1 aromatic heterocycles. The molecule has 0 amide bonds. The number of benzene rings is 2. The molecule has 0 spiro atoms. The summed E-state index contributed by atoms with van der Waals surface area (Å²) in [6.07, 6.45) is 4.35.